The molecule has 0 bridgehead atoms. The average molecular weight is 522 g/mol. The third-order valence-electron chi connectivity index (χ3n) is 4.35. The van der Waals surface area contributed by atoms with E-state index in [4.69, 9.17) is 16.1 Å². The highest BCUT2D eigenvalue weighted by Crippen LogP contribution is 2.28. The van der Waals surface area contributed by atoms with Gasteiger partial charge in [0, 0.05) is 28.4 Å². The summed E-state index contributed by atoms with van der Waals surface area (Å²) in [6, 6.07) is 7.82. The molecule has 9 heteroatoms. The fourth-order valence-electron chi connectivity index (χ4n) is 2.98. The van der Waals surface area contributed by atoms with E-state index in [2.05, 4.69) is 38.9 Å². The number of rotatable bonds is 6. The molecule has 2 atom stereocenters. The number of nitrogens with one attached hydrogen (secondary N) is 2. The summed E-state index contributed by atoms with van der Waals surface area (Å²) in [5.74, 6) is 1.83. The summed E-state index contributed by atoms with van der Waals surface area (Å²) >= 11 is 7.86. The third kappa shape index (κ3) is 6.53. The molecular weight excluding hydrogens is 497 g/mol. The van der Waals surface area contributed by atoms with Gasteiger partial charge in [0.15, 0.2) is 5.96 Å². The van der Waals surface area contributed by atoms with Crippen LogP contribution in [0.25, 0.3) is 11.4 Å². The molecule has 0 aliphatic heterocycles. The minimum Gasteiger partial charge on any atom is -0.357 e. The van der Waals surface area contributed by atoms with Crippen LogP contribution in [0.15, 0.2) is 33.8 Å². The van der Waals surface area contributed by atoms with Gasteiger partial charge in [-0.25, -0.2) is 4.99 Å². The molecule has 1 aliphatic carbocycles. The van der Waals surface area contributed by atoms with Crippen molar-refractivity contribution in [2.45, 2.75) is 44.0 Å². The lowest BCUT2D eigenvalue weighted by molar-refractivity contribution is 0.380. The van der Waals surface area contributed by atoms with Crippen LogP contribution in [-0.2, 0) is 6.54 Å². The van der Waals surface area contributed by atoms with Crippen molar-refractivity contribution in [3.05, 3.63) is 35.2 Å². The molecule has 0 amide bonds. The van der Waals surface area contributed by atoms with Gasteiger partial charge < -0.3 is 15.2 Å². The maximum absolute atomic E-state index is 5.91. The summed E-state index contributed by atoms with van der Waals surface area (Å²) in [6.45, 7) is 3.21. The molecule has 1 aromatic carbocycles. The standard InChI is InChI=1S/C18H24ClN5OS.HI/c1-3-20-18(22-14-8-9-15(10-14)26-2)21-11-16-23-17(24-25-16)12-4-6-13(19)7-5-12;/h4-7,14-15H,3,8-11H2,1-2H3,(H2,20,21,22);1H. The number of guanidine groups is 1. The van der Waals surface area contributed by atoms with E-state index >= 15 is 0 Å². The molecule has 6 nitrogen and oxygen atoms in total. The number of halogens is 2. The Morgan fingerprint density at radius 2 is 2.11 bits per heavy atom. The number of hydrogen-bond acceptors (Lipinski definition) is 5. The van der Waals surface area contributed by atoms with Crippen molar-refractivity contribution >= 4 is 53.3 Å². The number of hydrogen-bond donors (Lipinski definition) is 2. The number of benzene rings is 1. The summed E-state index contributed by atoms with van der Waals surface area (Å²) in [6.07, 6.45) is 5.79. The average Bonchev–Trinajstić information content (AvgIpc) is 3.30. The zero-order valence-corrected chi connectivity index (χ0v) is 19.3. The van der Waals surface area contributed by atoms with Crippen molar-refractivity contribution in [1.29, 1.82) is 0 Å². The maximum atomic E-state index is 5.91. The van der Waals surface area contributed by atoms with Gasteiger partial charge >= 0.3 is 0 Å². The van der Waals surface area contributed by atoms with E-state index in [1.54, 1.807) is 0 Å². The van der Waals surface area contributed by atoms with E-state index in [0.29, 0.717) is 29.3 Å². The van der Waals surface area contributed by atoms with Gasteiger partial charge in [0.2, 0.25) is 11.7 Å². The highest BCUT2D eigenvalue weighted by molar-refractivity contribution is 14.0. The molecule has 1 aromatic heterocycles. The van der Waals surface area contributed by atoms with Crippen LogP contribution in [0.3, 0.4) is 0 Å². The van der Waals surface area contributed by atoms with Crippen molar-refractivity contribution in [2.24, 2.45) is 4.99 Å². The third-order valence-corrected chi connectivity index (χ3v) is 5.69. The second kappa shape index (κ2) is 11.1. The van der Waals surface area contributed by atoms with Gasteiger partial charge in [0.05, 0.1) is 0 Å². The predicted octanol–water partition coefficient (Wildman–Crippen LogP) is 4.35. The molecule has 2 aromatic rings. The first-order valence-electron chi connectivity index (χ1n) is 8.84. The molecule has 0 saturated heterocycles. The van der Waals surface area contributed by atoms with Crippen LogP contribution >= 0.6 is 47.3 Å². The first-order chi connectivity index (χ1) is 12.7. The molecule has 1 aliphatic rings. The molecule has 27 heavy (non-hydrogen) atoms. The fraction of sp³-hybridized carbons (Fsp3) is 0.500. The molecule has 1 heterocycles. The Morgan fingerprint density at radius 1 is 1.33 bits per heavy atom. The van der Waals surface area contributed by atoms with E-state index in [1.165, 1.54) is 19.3 Å². The Labute approximate surface area is 186 Å². The SMILES string of the molecule is CCNC(=NCc1nc(-c2ccc(Cl)cc2)no1)NC1CCC(SC)C1.I. The minimum atomic E-state index is 0. The van der Waals surface area contributed by atoms with Crippen LogP contribution < -0.4 is 10.6 Å². The molecule has 1 fully saturated rings. The highest BCUT2D eigenvalue weighted by atomic mass is 127. The van der Waals surface area contributed by atoms with Crippen LogP contribution in [0.4, 0.5) is 0 Å². The highest BCUT2D eigenvalue weighted by Gasteiger charge is 2.24. The lowest BCUT2D eigenvalue weighted by Crippen LogP contribution is -2.42. The van der Waals surface area contributed by atoms with E-state index in [0.717, 1.165) is 23.3 Å². The maximum Gasteiger partial charge on any atom is 0.248 e. The van der Waals surface area contributed by atoms with E-state index < -0.39 is 0 Å². The Kier molecular flexibility index (Phi) is 9.17. The van der Waals surface area contributed by atoms with Crippen molar-refractivity contribution in [1.82, 2.24) is 20.8 Å². The molecule has 1 saturated carbocycles. The zero-order chi connectivity index (χ0) is 18.4. The first kappa shape index (κ1) is 22.3. The number of nitrogens with zero attached hydrogens (tertiary/aromatic N) is 3. The van der Waals surface area contributed by atoms with Gasteiger partial charge in [-0.1, -0.05) is 16.8 Å². The van der Waals surface area contributed by atoms with Crippen molar-refractivity contribution < 1.29 is 4.52 Å². The van der Waals surface area contributed by atoms with E-state index in [1.807, 2.05) is 36.0 Å². The van der Waals surface area contributed by atoms with Gasteiger partial charge in [-0.05, 0) is 56.7 Å². The van der Waals surface area contributed by atoms with Crippen LogP contribution in [0.5, 0.6) is 0 Å². The quantitative estimate of drug-likeness (QED) is 0.334. The summed E-state index contributed by atoms with van der Waals surface area (Å²) in [7, 11) is 0. The van der Waals surface area contributed by atoms with Crippen molar-refractivity contribution in [3.8, 4) is 11.4 Å². The van der Waals surface area contributed by atoms with E-state index in [9.17, 15) is 0 Å². The largest absolute Gasteiger partial charge is 0.357 e. The Bertz CT molecular complexity index is 740. The lowest BCUT2D eigenvalue weighted by Gasteiger charge is -2.16. The Hall–Kier alpha value is -1.000. The normalized spacial score (nSPS) is 19.6. The first-order valence-corrected chi connectivity index (χ1v) is 10.5. The number of aromatic nitrogens is 2. The molecule has 148 valence electrons. The zero-order valence-electron chi connectivity index (χ0n) is 15.4. The molecule has 2 unspecified atom stereocenters. The topological polar surface area (TPSA) is 75.3 Å². The number of thioether (sulfide) groups is 1. The smallest absolute Gasteiger partial charge is 0.248 e. The molecule has 3 rings (SSSR count). The van der Waals surface area contributed by atoms with Gasteiger partial charge in [0.25, 0.3) is 0 Å². The molecule has 2 N–H and O–H groups in total. The van der Waals surface area contributed by atoms with Crippen LogP contribution in [0, 0.1) is 0 Å². The van der Waals surface area contributed by atoms with Gasteiger partial charge in [0.1, 0.15) is 6.54 Å². The van der Waals surface area contributed by atoms with Gasteiger partial charge in [-0.2, -0.15) is 16.7 Å². The second-order valence-electron chi connectivity index (χ2n) is 6.23. The van der Waals surface area contributed by atoms with Crippen LogP contribution in [0.2, 0.25) is 5.02 Å². The van der Waals surface area contributed by atoms with Crippen molar-refractivity contribution in [2.75, 3.05) is 12.8 Å². The van der Waals surface area contributed by atoms with E-state index in [-0.39, 0.29) is 24.0 Å². The summed E-state index contributed by atoms with van der Waals surface area (Å²) < 4.78 is 5.32. The predicted molar refractivity (Wildman–Crippen MR) is 123 cm³/mol. The molecule has 0 radical (unpaired) electrons. The summed E-state index contributed by atoms with van der Waals surface area (Å²) in [4.78, 5) is 9.00. The molecular formula is C18H25ClIN5OS. The van der Waals surface area contributed by atoms with Gasteiger partial charge in [-0.15, -0.1) is 24.0 Å². The minimum absolute atomic E-state index is 0. The Morgan fingerprint density at radius 3 is 2.78 bits per heavy atom. The monoisotopic (exact) mass is 521 g/mol. The Balaban J connectivity index is 0.00000261. The number of aliphatic imine (C=N–C) groups is 1. The molecule has 0 spiro atoms. The van der Waals surface area contributed by atoms with Crippen LogP contribution in [-0.4, -0.2) is 40.2 Å². The fourth-order valence-corrected chi connectivity index (χ4v) is 3.90. The van der Waals surface area contributed by atoms with Gasteiger partial charge in [-0.3, -0.25) is 0 Å². The lowest BCUT2D eigenvalue weighted by atomic mass is 10.2. The van der Waals surface area contributed by atoms with Crippen LogP contribution in [0.1, 0.15) is 32.1 Å². The summed E-state index contributed by atoms with van der Waals surface area (Å²) in [5, 5.41) is 12.2. The summed E-state index contributed by atoms with van der Waals surface area (Å²) in [5.41, 5.74) is 0.868. The van der Waals surface area contributed by atoms with Crippen molar-refractivity contribution in [3.63, 3.8) is 0 Å². The second-order valence-corrected chi connectivity index (χ2v) is 7.80.